The van der Waals surface area contributed by atoms with E-state index in [2.05, 4.69) is 15.3 Å². The Kier molecular flexibility index (Phi) is 6.21. The lowest BCUT2D eigenvalue weighted by molar-refractivity contribution is -0.123. The zero-order valence-corrected chi connectivity index (χ0v) is 14.6. The monoisotopic (exact) mass is 342 g/mol. The average molecular weight is 342 g/mol. The Morgan fingerprint density at radius 3 is 2.56 bits per heavy atom. The van der Waals surface area contributed by atoms with Crippen molar-refractivity contribution in [1.82, 2.24) is 15.3 Å². The first-order valence-corrected chi connectivity index (χ1v) is 9.41. The van der Waals surface area contributed by atoms with Gasteiger partial charge in [0.05, 0.1) is 0 Å². The van der Waals surface area contributed by atoms with Crippen LogP contribution in [0.2, 0.25) is 0 Å². The third-order valence-corrected chi connectivity index (χ3v) is 5.29. The van der Waals surface area contributed by atoms with Gasteiger partial charge in [0.15, 0.2) is 0 Å². The van der Waals surface area contributed by atoms with Gasteiger partial charge in [-0.3, -0.25) is 4.79 Å². The molecule has 1 amide bonds. The second kappa shape index (κ2) is 8.80. The van der Waals surface area contributed by atoms with Gasteiger partial charge in [-0.15, -0.1) is 0 Å². The number of hydrogen-bond acceptors (Lipinski definition) is 5. The van der Waals surface area contributed by atoms with Crippen LogP contribution in [0, 0.1) is 17.2 Å². The van der Waals surface area contributed by atoms with Crippen molar-refractivity contribution in [3.8, 4) is 11.9 Å². The van der Waals surface area contributed by atoms with Gasteiger partial charge >= 0.3 is 0 Å². The summed E-state index contributed by atoms with van der Waals surface area (Å²) in [5, 5.41) is 12.2. The zero-order valence-electron chi connectivity index (χ0n) is 14.6. The van der Waals surface area contributed by atoms with E-state index in [-0.39, 0.29) is 23.7 Å². The van der Waals surface area contributed by atoms with E-state index in [0.717, 1.165) is 25.7 Å². The van der Waals surface area contributed by atoms with Crippen LogP contribution in [0.25, 0.3) is 0 Å². The van der Waals surface area contributed by atoms with E-state index in [9.17, 15) is 4.79 Å². The summed E-state index contributed by atoms with van der Waals surface area (Å²) in [6, 6.07) is 2.25. The Morgan fingerprint density at radius 2 is 1.84 bits per heavy atom. The van der Waals surface area contributed by atoms with E-state index < -0.39 is 0 Å². The lowest BCUT2D eigenvalue weighted by Gasteiger charge is -2.30. The molecule has 25 heavy (non-hydrogen) atoms. The first-order chi connectivity index (χ1) is 12.2. The molecule has 0 aromatic carbocycles. The lowest BCUT2D eigenvalue weighted by Crippen LogP contribution is -2.40. The zero-order chi connectivity index (χ0) is 17.5. The Hall–Kier alpha value is -2.16. The molecular formula is C19H26N4O2. The highest BCUT2D eigenvalue weighted by Gasteiger charge is 2.25. The summed E-state index contributed by atoms with van der Waals surface area (Å²) in [6.07, 6.45) is 13.5. The maximum Gasteiger partial charge on any atom is 0.251 e. The number of carbonyl (C=O) groups is 1. The van der Waals surface area contributed by atoms with Gasteiger partial charge in [0.2, 0.25) is 11.6 Å². The summed E-state index contributed by atoms with van der Waals surface area (Å²) < 4.78 is 5.84. The molecule has 2 fully saturated rings. The van der Waals surface area contributed by atoms with Crippen LogP contribution < -0.4 is 10.1 Å². The van der Waals surface area contributed by atoms with Crippen molar-refractivity contribution in [2.24, 2.45) is 5.92 Å². The van der Waals surface area contributed by atoms with Crippen molar-refractivity contribution < 1.29 is 9.53 Å². The number of ether oxygens (including phenoxy) is 1. The van der Waals surface area contributed by atoms with E-state index in [1.807, 2.05) is 6.07 Å². The van der Waals surface area contributed by atoms with Crippen molar-refractivity contribution in [3.05, 3.63) is 18.1 Å². The second-order valence-corrected chi connectivity index (χ2v) is 7.19. The van der Waals surface area contributed by atoms with Crippen LogP contribution in [0.4, 0.5) is 0 Å². The maximum atomic E-state index is 12.2. The van der Waals surface area contributed by atoms with Gasteiger partial charge in [0, 0.05) is 24.9 Å². The predicted octanol–water partition coefficient (Wildman–Crippen LogP) is 3.12. The van der Waals surface area contributed by atoms with Gasteiger partial charge in [-0.05, 0) is 44.4 Å². The largest absolute Gasteiger partial charge is 0.472 e. The van der Waals surface area contributed by atoms with E-state index in [1.165, 1.54) is 44.5 Å². The maximum absolute atomic E-state index is 12.2. The predicted molar refractivity (Wildman–Crippen MR) is 92.8 cm³/mol. The standard InChI is InChI=1S/C19H26N4O2/c20-13-17-19(22-11-10-21-17)25-16-8-6-15(7-9-16)23-18(24)12-14-4-2-1-3-5-14/h10-11,14-16H,1-9,12H2,(H,23,24). The third-order valence-electron chi connectivity index (χ3n) is 5.29. The lowest BCUT2D eigenvalue weighted by atomic mass is 9.86. The number of nitriles is 1. The number of aromatic nitrogens is 2. The number of amides is 1. The Balaban J connectivity index is 1.41. The van der Waals surface area contributed by atoms with Crippen molar-refractivity contribution in [1.29, 1.82) is 5.26 Å². The number of nitrogens with one attached hydrogen (secondary N) is 1. The second-order valence-electron chi connectivity index (χ2n) is 7.19. The van der Waals surface area contributed by atoms with Crippen LogP contribution in [-0.4, -0.2) is 28.0 Å². The van der Waals surface area contributed by atoms with Gasteiger partial charge in [-0.25, -0.2) is 9.97 Å². The van der Waals surface area contributed by atoms with Crippen LogP contribution in [-0.2, 0) is 4.79 Å². The minimum atomic E-state index is 0.0373. The fraction of sp³-hybridized carbons (Fsp3) is 0.684. The molecule has 2 aliphatic rings. The molecule has 6 heteroatoms. The summed E-state index contributed by atoms with van der Waals surface area (Å²) in [7, 11) is 0. The molecule has 0 radical (unpaired) electrons. The molecule has 3 rings (SSSR count). The molecule has 134 valence electrons. The fourth-order valence-corrected chi connectivity index (χ4v) is 3.91. The van der Waals surface area contributed by atoms with Crippen LogP contribution in [0.5, 0.6) is 5.88 Å². The molecule has 6 nitrogen and oxygen atoms in total. The molecule has 1 N–H and O–H groups in total. The molecule has 1 aromatic heterocycles. The average Bonchev–Trinajstić information content (AvgIpc) is 2.64. The molecule has 0 atom stereocenters. The molecule has 0 spiro atoms. The SMILES string of the molecule is N#Cc1nccnc1OC1CCC(NC(=O)CC2CCCCC2)CC1. The topological polar surface area (TPSA) is 87.9 Å². The highest BCUT2D eigenvalue weighted by atomic mass is 16.5. The van der Waals surface area contributed by atoms with Crippen LogP contribution in [0.1, 0.15) is 69.9 Å². The molecule has 0 saturated heterocycles. The van der Waals surface area contributed by atoms with Gasteiger partial charge in [-0.1, -0.05) is 19.3 Å². The number of nitrogens with zero attached hydrogens (tertiary/aromatic N) is 3. The first-order valence-electron chi connectivity index (χ1n) is 9.41. The van der Waals surface area contributed by atoms with Gasteiger partial charge in [0.25, 0.3) is 5.88 Å². The van der Waals surface area contributed by atoms with Crippen LogP contribution in [0.3, 0.4) is 0 Å². The Morgan fingerprint density at radius 1 is 1.12 bits per heavy atom. The van der Waals surface area contributed by atoms with Crippen molar-refractivity contribution in [3.63, 3.8) is 0 Å². The number of carbonyl (C=O) groups excluding carboxylic acids is 1. The molecule has 1 heterocycles. The van der Waals surface area contributed by atoms with E-state index in [4.69, 9.17) is 10.00 Å². The van der Waals surface area contributed by atoms with E-state index >= 15 is 0 Å². The highest BCUT2D eigenvalue weighted by molar-refractivity contribution is 5.76. The summed E-state index contributed by atoms with van der Waals surface area (Å²) in [6.45, 7) is 0. The van der Waals surface area contributed by atoms with Crippen molar-refractivity contribution >= 4 is 5.91 Å². The molecule has 1 aromatic rings. The number of hydrogen-bond donors (Lipinski definition) is 1. The smallest absolute Gasteiger partial charge is 0.251 e. The quantitative estimate of drug-likeness (QED) is 0.888. The molecule has 0 bridgehead atoms. The number of rotatable bonds is 5. The molecule has 0 aliphatic heterocycles. The molecule has 0 unspecified atom stereocenters. The summed E-state index contributed by atoms with van der Waals surface area (Å²) in [4.78, 5) is 20.3. The highest BCUT2D eigenvalue weighted by Crippen LogP contribution is 2.27. The van der Waals surface area contributed by atoms with Gasteiger partial charge in [-0.2, -0.15) is 5.26 Å². The molecule has 2 aliphatic carbocycles. The van der Waals surface area contributed by atoms with Crippen molar-refractivity contribution in [2.75, 3.05) is 0 Å². The molecule has 2 saturated carbocycles. The fourth-order valence-electron chi connectivity index (χ4n) is 3.91. The Labute approximate surface area is 149 Å². The minimum absolute atomic E-state index is 0.0373. The Bertz CT molecular complexity index is 614. The normalized spacial score (nSPS) is 24.3. The van der Waals surface area contributed by atoms with Crippen LogP contribution in [0.15, 0.2) is 12.4 Å². The van der Waals surface area contributed by atoms with Gasteiger partial charge in [0.1, 0.15) is 12.2 Å². The minimum Gasteiger partial charge on any atom is -0.472 e. The third kappa shape index (κ3) is 5.15. The summed E-state index contributed by atoms with van der Waals surface area (Å²) >= 11 is 0. The van der Waals surface area contributed by atoms with Crippen LogP contribution >= 0.6 is 0 Å². The van der Waals surface area contributed by atoms with Gasteiger partial charge < -0.3 is 10.1 Å². The summed E-state index contributed by atoms with van der Waals surface area (Å²) in [5.41, 5.74) is 0.227. The first kappa shape index (κ1) is 17.7. The van der Waals surface area contributed by atoms with E-state index in [1.54, 1.807) is 0 Å². The molecular weight excluding hydrogens is 316 g/mol. The summed E-state index contributed by atoms with van der Waals surface area (Å²) in [5.74, 6) is 1.10. The van der Waals surface area contributed by atoms with E-state index in [0.29, 0.717) is 18.2 Å². The van der Waals surface area contributed by atoms with Crippen molar-refractivity contribution in [2.45, 2.75) is 76.4 Å².